The van der Waals surface area contributed by atoms with Crippen LogP contribution in [0.5, 0.6) is 0 Å². The van der Waals surface area contributed by atoms with Gasteiger partial charge in [0.05, 0.1) is 23.7 Å². The molecule has 0 radical (unpaired) electrons. The van der Waals surface area contributed by atoms with Crippen LogP contribution in [0.4, 0.5) is 0 Å². The zero-order chi connectivity index (χ0) is 10.4. The number of hydrogen-bond acceptors (Lipinski definition) is 4. The normalized spacial score (nSPS) is 12.4. The molecule has 0 aliphatic rings. The molecule has 0 saturated carbocycles. The Morgan fingerprint density at radius 2 is 2.64 bits per heavy atom. The molecule has 1 rings (SSSR count). The molecule has 1 aromatic rings. The van der Waals surface area contributed by atoms with Crippen molar-refractivity contribution in [1.82, 2.24) is 10.3 Å². The third kappa shape index (κ3) is 3.61. The van der Waals surface area contributed by atoms with Crippen molar-refractivity contribution in [3.8, 4) is 0 Å². The van der Waals surface area contributed by atoms with Crippen LogP contribution in [0, 0.1) is 0 Å². The number of alkyl halides is 1. The molecule has 0 bridgehead atoms. The lowest BCUT2D eigenvalue weighted by molar-refractivity contribution is 0.0953. The van der Waals surface area contributed by atoms with E-state index in [1.54, 1.807) is 12.6 Å². The average Bonchev–Trinajstić information content (AvgIpc) is 2.67. The van der Waals surface area contributed by atoms with E-state index in [0.29, 0.717) is 18.0 Å². The molecule has 4 nitrogen and oxygen atoms in total. The van der Waals surface area contributed by atoms with Gasteiger partial charge in [0.1, 0.15) is 4.88 Å². The minimum absolute atomic E-state index is 0.144. The van der Waals surface area contributed by atoms with Crippen molar-refractivity contribution in [2.45, 2.75) is 5.38 Å². The third-order valence-electron chi connectivity index (χ3n) is 1.49. The van der Waals surface area contributed by atoms with Crippen LogP contribution in [-0.2, 0) is 4.74 Å². The highest BCUT2D eigenvalue weighted by Crippen LogP contribution is 2.04. The van der Waals surface area contributed by atoms with Crippen LogP contribution in [0.2, 0.25) is 0 Å². The lowest BCUT2D eigenvalue weighted by atomic mass is 10.4. The molecule has 0 spiro atoms. The molecule has 1 aromatic heterocycles. The fourth-order valence-electron chi connectivity index (χ4n) is 0.858. The summed E-state index contributed by atoms with van der Waals surface area (Å²) in [5.74, 6) is -0.144. The number of halogens is 1. The van der Waals surface area contributed by atoms with E-state index in [4.69, 9.17) is 16.3 Å². The van der Waals surface area contributed by atoms with Crippen molar-refractivity contribution in [3.05, 3.63) is 16.6 Å². The van der Waals surface area contributed by atoms with Crippen LogP contribution in [0.25, 0.3) is 0 Å². The Labute approximate surface area is 91.2 Å². The van der Waals surface area contributed by atoms with E-state index < -0.39 is 0 Å². The van der Waals surface area contributed by atoms with Gasteiger partial charge >= 0.3 is 0 Å². The largest absolute Gasteiger partial charge is 0.383 e. The second kappa shape index (κ2) is 5.95. The molecule has 1 atom stereocenters. The summed E-state index contributed by atoms with van der Waals surface area (Å²) in [6.45, 7) is 0.816. The van der Waals surface area contributed by atoms with Crippen LogP contribution < -0.4 is 5.32 Å². The lowest BCUT2D eigenvalue weighted by Gasteiger charge is -2.08. The number of ether oxygens (including phenoxy) is 1. The van der Waals surface area contributed by atoms with Gasteiger partial charge in [0.25, 0.3) is 5.91 Å². The van der Waals surface area contributed by atoms with Crippen molar-refractivity contribution in [3.63, 3.8) is 0 Å². The number of thiazole rings is 1. The van der Waals surface area contributed by atoms with Gasteiger partial charge in [-0.3, -0.25) is 9.78 Å². The summed E-state index contributed by atoms with van der Waals surface area (Å²) in [6, 6.07) is 0. The minimum atomic E-state index is -0.197. The fourth-order valence-corrected chi connectivity index (χ4v) is 1.60. The Bertz CT molecular complexity index is 279. The third-order valence-corrected chi connectivity index (χ3v) is 2.54. The number of methoxy groups -OCH3 is 1. The molecular weight excluding hydrogens is 224 g/mol. The SMILES string of the molecule is COCC(Cl)CNC(=O)c1cncs1. The van der Waals surface area contributed by atoms with Gasteiger partial charge in [-0.15, -0.1) is 22.9 Å². The summed E-state index contributed by atoms with van der Waals surface area (Å²) in [4.78, 5) is 15.8. The first-order chi connectivity index (χ1) is 6.74. The monoisotopic (exact) mass is 234 g/mol. The van der Waals surface area contributed by atoms with Gasteiger partial charge in [0.2, 0.25) is 0 Å². The first kappa shape index (κ1) is 11.4. The Morgan fingerprint density at radius 3 is 3.21 bits per heavy atom. The molecule has 1 unspecified atom stereocenters. The first-order valence-corrected chi connectivity index (χ1v) is 5.35. The van der Waals surface area contributed by atoms with Crippen molar-refractivity contribution >= 4 is 28.8 Å². The van der Waals surface area contributed by atoms with Crippen molar-refractivity contribution in [1.29, 1.82) is 0 Å². The van der Waals surface area contributed by atoms with Crippen LogP contribution in [0.15, 0.2) is 11.7 Å². The highest BCUT2D eigenvalue weighted by atomic mass is 35.5. The summed E-state index contributed by atoms with van der Waals surface area (Å²) in [5.41, 5.74) is 1.61. The zero-order valence-corrected chi connectivity index (χ0v) is 9.27. The van der Waals surface area contributed by atoms with Gasteiger partial charge in [0, 0.05) is 13.7 Å². The summed E-state index contributed by atoms with van der Waals surface area (Å²) in [5, 5.41) is 2.49. The maximum Gasteiger partial charge on any atom is 0.263 e. The highest BCUT2D eigenvalue weighted by Gasteiger charge is 2.09. The molecule has 0 saturated heterocycles. The van der Waals surface area contributed by atoms with Gasteiger partial charge in [-0.2, -0.15) is 0 Å². The molecule has 0 aliphatic heterocycles. The molecule has 6 heteroatoms. The van der Waals surface area contributed by atoms with Gasteiger partial charge in [-0.05, 0) is 0 Å². The minimum Gasteiger partial charge on any atom is -0.383 e. The number of rotatable bonds is 5. The van der Waals surface area contributed by atoms with Crippen LogP contribution >= 0.6 is 22.9 Å². The molecule has 14 heavy (non-hydrogen) atoms. The van der Waals surface area contributed by atoms with Crippen molar-refractivity contribution in [2.24, 2.45) is 0 Å². The van der Waals surface area contributed by atoms with Crippen molar-refractivity contribution in [2.75, 3.05) is 20.3 Å². The lowest BCUT2D eigenvalue weighted by Crippen LogP contribution is -2.31. The predicted octanol–water partition coefficient (Wildman–Crippen LogP) is 1.13. The number of nitrogens with one attached hydrogen (secondary N) is 1. The Hall–Kier alpha value is -0.650. The van der Waals surface area contributed by atoms with Gasteiger partial charge in [0.15, 0.2) is 0 Å². The smallest absolute Gasteiger partial charge is 0.263 e. The molecule has 1 heterocycles. The summed E-state index contributed by atoms with van der Waals surface area (Å²) >= 11 is 7.13. The number of hydrogen-bond donors (Lipinski definition) is 1. The molecule has 78 valence electrons. The Morgan fingerprint density at radius 1 is 1.86 bits per heavy atom. The number of aromatic nitrogens is 1. The maximum atomic E-state index is 11.4. The second-order valence-corrected chi connectivity index (χ2v) is 4.13. The van der Waals surface area contributed by atoms with E-state index in [1.165, 1.54) is 17.5 Å². The topological polar surface area (TPSA) is 51.2 Å². The van der Waals surface area contributed by atoms with Gasteiger partial charge < -0.3 is 10.1 Å². The molecule has 0 aliphatic carbocycles. The van der Waals surface area contributed by atoms with E-state index in [0.717, 1.165) is 0 Å². The quantitative estimate of drug-likeness (QED) is 0.777. The zero-order valence-electron chi connectivity index (χ0n) is 7.70. The second-order valence-electron chi connectivity index (χ2n) is 2.63. The maximum absolute atomic E-state index is 11.4. The molecule has 1 N–H and O–H groups in total. The highest BCUT2D eigenvalue weighted by molar-refractivity contribution is 7.11. The Kier molecular flexibility index (Phi) is 4.86. The predicted molar refractivity (Wildman–Crippen MR) is 56.0 cm³/mol. The Balaban J connectivity index is 2.28. The van der Waals surface area contributed by atoms with E-state index in [9.17, 15) is 4.79 Å². The van der Waals surface area contributed by atoms with Gasteiger partial charge in [-0.25, -0.2) is 0 Å². The van der Waals surface area contributed by atoms with Crippen LogP contribution in [0.1, 0.15) is 9.67 Å². The van der Waals surface area contributed by atoms with E-state index in [1.807, 2.05) is 0 Å². The summed E-state index contributed by atoms with van der Waals surface area (Å²) in [6.07, 6.45) is 1.53. The number of amides is 1. The van der Waals surface area contributed by atoms with Crippen molar-refractivity contribution < 1.29 is 9.53 Å². The summed E-state index contributed by atoms with van der Waals surface area (Å²) in [7, 11) is 1.57. The first-order valence-electron chi connectivity index (χ1n) is 4.03. The van der Waals surface area contributed by atoms with Gasteiger partial charge in [-0.1, -0.05) is 0 Å². The van der Waals surface area contributed by atoms with Crippen LogP contribution in [0.3, 0.4) is 0 Å². The fraction of sp³-hybridized carbons (Fsp3) is 0.500. The number of carbonyl (C=O) groups excluding carboxylic acids is 1. The molecule has 1 amide bonds. The van der Waals surface area contributed by atoms with E-state index in [-0.39, 0.29) is 11.3 Å². The molecule has 0 aromatic carbocycles. The van der Waals surface area contributed by atoms with E-state index in [2.05, 4.69) is 10.3 Å². The molecule has 0 fully saturated rings. The number of nitrogens with zero attached hydrogens (tertiary/aromatic N) is 1. The summed E-state index contributed by atoms with van der Waals surface area (Å²) < 4.78 is 4.83. The van der Waals surface area contributed by atoms with E-state index >= 15 is 0 Å². The number of carbonyl (C=O) groups is 1. The average molecular weight is 235 g/mol. The van der Waals surface area contributed by atoms with Crippen LogP contribution in [-0.4, -0.2) is 36.5 Å². The molecular formula is C8H11ClN2O2S. The standard InChI is InChI=1S/C8H11ClN2O2S/c1-13-4-6(9)2-11-8(12)7-3-10-5-14-7/h3,5-6H,2,4H2,1H3,(H,11,12).